The van der Waals surface area contributed by atoms with Crippen LogP contribution >= 0.6 is 0 Å². The number of para-hydroxylation sites is 1. The maximum absolute atomic E-state index is 13.0. The first kappa shape index (κ1) is 17.8. The highest BCUT2D eigenvalue weighted by molar-refractivity contribution is 5.82. The first-order valence-electron chi connectivity index (χ1n) is 9.30. The van der Waals surface area contributed by atoms with Gasteiger partial charge in [-0.05, 0) is 60.3 Å². The van der Waals surface area contributed by atoms with Crippen LogP contribution in [0.25, 0.3) is 10.9 Å². The third kappa shape index (κ3) is 3.38. The highest BCUT2D eigenvalue weighted by Gasteiger charge is 2.31. The number of nitrogens with one attached hydrogen (secondary N) is 1. The number of benzene rings is 1. The predicted octanol–water partition coefficient (Wildman–Crippen LogP) is 1.65. The third-order valence-corrected chi connectivity index (χ3v) is 5.23. The molecule has 0 saturated carbocycles. The molecule has 142 valence electrons. The first-order chi connectivity index (χ1) is 13.2. The summed E-state index contributed by atoms with van der Waals surface area (Å²) in [6.07, 6.45) is 2.22. The number of aromatic amines is 1. The molecule has 1 aromatic carbocycles. The van der Waals surface area contributed by atoms with Gasteiger partial charge in [-0.3, -0.25) is 9.69 Å². The van der Waals surface area contributed by atoms with E-state index in [4.69, 9.17) is 4.74 Å². The van der Waals surface area contributed by atoms with Gasteiger partial charge in [0.25, 0.3) is 5.56 Å². The molecule has 1 atom stereocenters. The van der Waals surface area contributed by atoms with Gasteiger partial charge in [0.2, 0.25) is 0 Å². The molecule has 0 unspecified atom stereocenters. The van der Waals surface area contributed by atoms with Gasteiger partial charge < -0.3 is 9.72 Å². The molecule has 1 aliphatic heterocycles. The van der Waals surface area contributed by atoms with Crippen molar-refractivity contribution in [2.45, 2.75) is 32.4 Å². The lowest BCUT2D eigenvalue weighted by molar-refractivity contribution is 0.178. The Bertz CT molecular complexity index is 989. The van der Waals surface area contributed by atoms with Crippen LogP contribution < -0.4 is 5.56 Å². The molecular weight excluding hydrogens is 344 g/mol. The van der Waals surface area contributed by atoms with Gasteiger partial charge in [-0.15, -0.1) is 5.10 Å². The fraction of sp³-hybridized carbons (Fsp3) is 0.474. The van der Waals surface area contributed by atoms with Gasteiger partial charge >= 0.3 is 0 Å². The van der Waals surface area contributed by atoms with Crippen LogP contribution in [-0.2, 0) is 11.3 Å². The number of nitrogens with zero attached hydrogens (tertiary/aromatic N) is 5. The Morgan fingerprint density at radius 1 is 1.30 bits per heavy atom. The normalized spacial score (nSPS) is 16.2. The number of aromatic nitrogens is 5. The molecule has 1 fully saturated rings. The molecule has 1 N–H and O–H groups in total. The Kier molecular flexibility index (Phi) is 5.00. The molecule has 8 nitrogen and oxygen atoms in total. The van der Waals surface area contributed by atoms with Gasteiger partial charge in [0.15, 0.2) is 5.82 Å². The van der Waals surface area contributed by atoms with Crippen LogP contribution in [-0.4, -0.2) is 56.9 Å². The summed E-state index contributed by atoms with van der Waals surface area (Å²) in [5.74, 6) is 0.687. The molecule has 3 aromatic rings. The monoisotopic (exact) mass is 368 g/mol. The van der Waals surface area contributed by atoms with Crippen molar-refractivity contribution < 1.29 is 4.74 Å². The van der Waals surface area contributed by atoms with Crippen molar-refractivity contribution in [1.29, 1.82) is 0 Å². The predicted molar refractivity (Wildman–Crippen MR) is 102 cm³/mol. The van der Waals surface area contributed by atoms with Crippen LogP contribution in [0, 0.1) is 6.92 Å². The summed E-state index contributed by atoms with van der Waals surface area (Å²) in [7, 11) is 1.65. The number of hydrogen-bond acceptors (Lipinski definition) is 6. The molecule has 8 heteroatoms. The summed E-state index contributed by atoms with van der Waals surface area (Å²) in [6.45, 7) is 4.91. The van der Waals surface area contributed by atoms with E-state index < -0.39 is 0 Å². The zero-order valence-corrected chi connectivity index (χ0v) is 15.7. The van der Waals surface area contributed by atoms with E-state index in [1.807, 2.05) is 31.2 Å². The van der Waals surface area contributed by atoms with Gasteiger partial charge in [-0.1, -0.05) is 18.2 Å². The van der Waals surface area contributed by atoms with Crippen LogP contribution in [0.1, 0.15) is 35.8 Å². The van der Waals surface area contributed by atoms with Crippen LogP contribution in [0.3, 0.4) is 0 Å². The molecule has 0 spiro atoms. The topological polar surface area (TPSA) is 88.9 Å². The van der Waals surface area contributed by atoms with Crippen molar-refractivity contribution >= 4 is 10.9 Å². The molecule has 0 radical (unpaired) electrons. The summed E-state index contributed by atoms with van der Waals surface area (Å²) in [5.41, 5.74) is 2.53. The number of tetrazole rings is 1. The highest BCUT2D eigenvalue weighted by atomic mass is 16.5. The van der Waals surface area contributed by atoms with Gasteiger partial charge in [0.05, 0.1) is 18.7 Å². The summed E-state index contributed by atoms with van der Waals surface area (Å²) in [5, 5.41) is 13.3. The van der Waals surface area contributed by atoms with Gasteiger partial charge in [-0.25, -0.2) is 4.68 Å². The van der Waals surface area contributed by atoms with Crippen LogP contribution in [0.4, 0.5) is 0 Å². The number of ether oxygens (including phenoxy) is 1. The highest BCUT2D eigenvalue weighted by Crippen LogP contribution is 2.29. The van der Waals surface area contributed by atoms with Crippen molar-refractivity contribution in [3.8, 4) is 0 Å². The average molecular weight is 368 g/mol. The average Bonchev–Trinajstić information content (AvgIpc) is 3.34. The number of likely N-dealkylation sites (tertiary alicyclic amines) is 1. The van der Waals surface area contributed by atoms with E-state index in [0.717, 1.165) is 42.4 Å². The second kappa shape index (κ2) is 7.58. The molecule has 3 heterocycles. The van der Waals surface area contributed by atoms with Gasteiger partial charge in [0, 0.05) is 12.7 Å². The van der Waals surface area contributed by atoms with E-state index in [-0.39, 0.29) is 11.6 Å². The summed E-state index contributed by atoms with van der Waals surface area (Å²) < 4.78 is 6.92. The lowest BCUT2D eigenvalue weighted by Gasteiger charge is -2.26. The Morgan fingerprint density at radius 2 is 2.11 bits per heavy atom. The van der Waals surface area contributed by atoms with E-state index in [1.54, 1.807) is 11.8 Å². The fourth-order valence-electron chi connectivity index (χ4n) is 3.85. The number of fused-ring (bicyclic) bond motifs is 1. The van der Waals surface area contributed by atoms with E-state index >= 15 is 0 Å². The van der Waals surface area contributed by atoms with E-state index in [2.05, 4.69) is 25.4 Å². The Labute approximate surface area is 157 Å². The first-order valence-corrected chi connectivity index (χ1v) is 9.30. The molecule has 27 heavy (non-hydrogen) atoms. The zero-order chi connectivity index (χ0) is 18.8. The molecular formula is C19H24N6O2. The third-order valence-electron chi connectivity index (χ3n) is 5.23. The molecule has 1 saturated heterocycles. The smallest absolute Gasteiger partial charge is 0.253 e. The Morgan fingerprint density at radius 3 is 2.89 bits per heavy atom. The van der Waals surface area contributed by atoms with Gasteiger partial charge in [0.1, 0.15) is 6.04 Å². The van der Waals surface area contributed by atoms with Crippen molar-refractivity contribution in [3.05, 3.63) is 51.6 Å². The summed E-state index contributed by atoms with van der Waals surface area (Å²) in [6, 6.07) is 7.75. The minimum atomic E-state index is -0.270. The SMILES string of the molecule is COCCn1nnnc1[C@H](c1cc2cccc(C)c2[nH]c1=O)N1CCCC1. The largest absolute Gasteiger partial charge is 0.383 e. The number of H-pyrrole nitrogens is 1. The standard InChI is InChI=1S/C19H24N6O2/c1-13-6-5-7-14-12-15(19(26)20-16(13)14)17(24-8-3-4-9-24)18-21-22-23-25(18)10-11-27-2/h5-7,12,17H,3-4,8-11H2,1-2H3,(H,20,26)/t17-/m0/s1. The fourth-order valence-corrected chi connectivity index (χ4v) is 3.85. The Balaban J connectivity index is 1.85. The molecule has 0 aliphatic carbocycles. The van der Waals surface area contributed by atoms with Crippen LogP contribution in [0.2, 0.25) is 0 Å². The van der Waals surface area contributed by atoms with Crippen LogP contribution in [0.15, 0.2) is 29.1 Å². The van der Waals surface area contributed by atoms with Crippen molar-refractivity contribution in [1.82, 2.24) is 30.1 Å². The summed E-state index contributed by atoms with van der Waals surface area (Å²) >= 11 is 0. The van der Waals surface area contributed by atoms with E-state index in [1.165, 1.54) is 0 Å². The maximum atomic E-state index is 13.0. The molecule has 1 aliphatic rings. The number of hydrogen-bond donors (Lipinski definition) is 1. The van der Waals surface area contributed by atoms with Crippen molar-refractivity contribution in [2.24, 2.45) is 0 Å². The minimum absolute atomic E-state index is 0.0880. The Hall–Kier alpha value is -2.58. The maximum Gasteiger partial charge on any atom is 0.253 e. The minimum Gasteiger partial charge on any atom is -0.383 e. The molecule has 0 amide bonds. The number of rotatable bonds is 6. The van der Waals surface area contributed by atoms with E-state index in [0.29, 0.717) is 24.5 Å². The number of methoxy groups -OCH3 is 1. The molecule has 0 bridgehead atoms. The van der Waals surface area contributed by atoms with Crippen LogP contribution in [0.5, 0.6) is 0 Å². The second-order valence-electron chi connectivity index (χ2n) is 6.99. The quantitative estimate of drug-likeness (QED) is 0.712. The van der Waals surface area contributed by atoms with Gasteiger partial charge in [-0.2, -0.15) is 0 Å². The number of pyridine rings is 1. The zero-order valence-electron chi connectivity index (χ0n) is 15.7. The lowest BCUT2D eigenvalue weighted by Crippen LogP contribution is -2.33. The molecule has 2 aromatic heterocycles. The van der Waals surface area contributed by atoms with Crippen molar-refractivity contribution in [2.75, 3.05) is 26.8 Å². The number of aryl methyl sites for hydroxylation is 1. The second-order valence-corrected chi connectivity index (χ2v) is 6.99. The summed E-state index contributed by atoms with van der Waals surface area (Å²) in [4.78, 5) is 18.4. The molecule has 4 rings (SSSR count). The van der Waals surface area contributed by atoms with Crippen molar-refractivity contribution in [3.63, 3.8) is 0 Å². The lowest BCUT2D eigenvalue weighted by atomic mass is 10.0. The van der Waals surface area contributed by atoms with E-state index in [9.17, 15) is 4.79 Å².